The molecule has 1 aromatic carbocycles. The molecule has 8 heteroatoms. The van der Waals surface area contributed by atoms with Gasteiger partial charge in [-0.15, -0.1) is 0 Å². The topological polar surface area (TPSA) is 106 Å². The van der Waals surface area contributed by atoms with E-state index in [1.807, 2.05) is 6.07 Å². The lowest BCUT2D eigenvalue weighted by molar-refractivity contribution is -0.384. The van der Waals surface area contributed by atoms with Crippen LogP contribution in [0.2, 0.25) is 0 Å². The number of non-ortho nitro benzene ring substituents is 1. The summed E-state index contributed by atoms with van der Waals surface area (Å²) in [6.45, 7) is 0. The van der Waals surface area contributed by atoms with Gasteiger partial charge in [0.25, 0.3) is 5.69 Å². The Morgan fingerprint density at radius 1 is 1.33 bits per heavy atom. The van der Waals surface area contributed by atoms with Gasteiger partial charge in [-0.3, -0.25) is 10.1 Å². The van der Waals surface area contributed by atoms with Crippen molar-refractivity contribution < 1.29 is 9.66 Å². The van der Waals surface area contributed by atoms with Crippen LogP contribution in [0, 0.1) is 10.1 Å². The number of nitrogens with zero attached hydrogens (tertiary/aromatic N) is 3. The Hall–Kier alpha value is -3.16. The molecule has 0 aliphatic rings. The van der Waals surface area contributed by atoms with Gasteiger partial charge in [-0.1, -0.05) is 0 Å². The van der Waals surface area contributed by atoms with E-state index in [9.17, 15) is 10.1 Å². The quantitative estimate of drug-likeness (QED) is 0.563. The molecule has 2 aromatic heterocycles. The molecule has 3 rings (SSSR count). The average molecular weight is 285 g/mol. The number of aromatic nitrogens is 3. The molecule has 0 atom stereocenters. The molecule has 21 heavy (non-hydrogen) atoms. The minimum Gasteiger partial charge on any atom is -0.494 e. The SMILES string of the molecule is COc1cc([N+](=O)[O-])ccc1Nc1ncnc2[nH]ccc12. The Balaban J connectivity index is 2.01. The molecule has 0 saturated carbocycles. The first kappa shape index (κ1) is 12.9. The minimum absolute atomic E-state index is 0.0353. The highest BCUT2D eigenvalue weighted by atomic mass is 16.6. The fourth-order valence-electron chi connectivity index (χ4n) is 2.00. The van der Waals surface area contributed by atoms with Crippen molar-refractivity contribution in [2.24, 2.45) is 0 Å². The van der Waals surface area contributed by atoms with Gasteiger partial charge in [-0.25, -0.2) is 9.97 Å². The van der Waals surface area contributed by atoms with Gasteiger partial charge < -0.3 is 15.0 Å². The van der Waals surface area contributed by atoms with Crippen molar-refractivity contribution in [3.63, 3.8) is 0 Å². The second kappa shape index (κ2) is 5.08. The lowest BCUT2D eigenvalue weighted by atomic mass is 10.2. The van der Waals surface area contributed by atoms with Crippen LogP contribution in [0.1, 0.15) is 0 Å². The fourth-order valence-corrected chi connectivity index (χ4v) is 2.00. The van der Waals surface area contributed by atoms with E-state index in [4.69, 9.17) is 4.74 Å². The number of aromatic amines is 1. The number of hydrogen-bond acceptors (Lipinski definition) is 6. The normalized spacial score (nSPS) is 10.5. The van der Waals surface area contributed by atoms with Crippen LogP contribution in [0.3, 0.4) is 0 Å². The number of nitro groups is 1. The molecule has 2 heterocycles. The van der Waals surface area contributed by atoms with E-state index in [0.717, 1.165) is 5.39 Å². The second-order valence-electron chi connectivity index (χ2n) is 4.23. The van der Waals surface area contributed by atoms with Crippen molar-refractivity contribution in [2.45, 2.75) is 0 Å². The van der Waals surface area contributed by atoms with Gasteiger partial charge in [0.15, 0.2) is 0 Å². The zero-order valence-corrected chi connectivity index (χ0v) is 11.0. The third-order valence-electron chi connectivity index (χ3n) is 3.00. The highest BCUT2D eigenvalue weighted by Gasteiger charge is 2.13. The Labute approximate surface area is 118 Å². The molecule has 0 fully saturated rings. The van der Waals surface area contributed by atoms with Crippen LogP contribution in [0.25, 0.3) is 11.0 Å². The highest BCUT2D eigenvalue weighted by Crippen LogP contribution is 2.32. The second-order valence-corrected chi connectivity index (χ2v) is 4.23. The van der Waals surface area contributed by atoms with Crippen LogP contribution in [0.4, 0.5) is 17.2 Å². The number of anilines is 2. The lowest BCUT2D eigenvalue weighted by Gasteiger charge is -2.10. The Morgan fingerprint density at radius 3 is 2.95 bits per heavy atom. The van der Waals surface area contributed by atoms with E-state index in [0.29, 0.717) is 22.9 Å². The third kappa shape index (κ3) is 2.34. The number of ether oxygens (including phenoxy) is 1. The summed E-state index contributed by atoms with van der Waals surface area (Å²) < 4.78 is 5.18. The molecule has 0 unspecified atom stereocenters. The fraction of sp³-hybridized carbons (Fsp3) is 0.0769. The standard InChI is InChI=1S/C13H11N5O3/c1-21-11-6-8(18(19)20)2-3-10(11)17-13-9-4-5-14-12(9)15-7-16-13/h2-7H,1H3,(H2,14,15,16,17). The van der Waals surface area contributed by atoms with Gasteiger partial charge in [0.05, 0.1) is 29.2 Å². The lowest BCUT2D eigenvalue weighted by Crippen LogP contribution is -1.99. The minimum atomic E-state index is -0.471. The van der Waals surface area contributed by atoms with Crippen molar-refractivity contribution in [3.8, 4) is 5.75 Å². The number of nitrogens with one attached hydrogen (secondary N) is 2. The molecule has 106 valence electrons. The Morgan fingerprint density at radius 2 is 2.19 bits per heavy atom. The number of benzene rings is 1. The van der Waals surface area contributed by atoms with Crippen molar-refractivity contribution >= 4 is 28.2 Å². The summed E-state index contributed by atoms with van der Waals surface area (Å²) in [7, 11) is 1.45. The largest absolute Gasteiger partial charge is 0.494 e. The van der Waals surface area contributed by atoms with E-state index in [1.165, 1.54) is 25.6 Å². The first-order valence-corrected chi connectivity index (χ1v) is 6.06. The van der Waals surface area contributed by atoms with Gasteiger partial charge in [0.1, 0.15) is 23.5 Å². The molecule has 0 aliphatic heterocycles. The van der Waals surface area contributed by atoms with Gasteiger partial charge in [-0.2, -0.15) is 0 Å². The molecule has 0 saturated heterocycles. The number of nitro benzene ring substituents is 1. The summed E-state index contributed by atoms with van der Waals surface area (Å²) in [5.74, 6) is 0.958. The van der Waals surface area contributed by atoms with Gasteiger partial charge in [-0.05, 0) is 12.1 Å². The van der Waals surface area contributed by atoms with E-state index in [1.54, 1.807) is 12.3 Å². The van der Waals surface area contributed by atoms with Crippen molar-refractivity contribution in [3.05, 3.63) is 46.9 Å². The molecule has 0 aliphatic carbocycles. The van der Waals surface area contributed by atoms with E-state index < -0.39 is 4.92 Å². The maximum Gasteiger partial charge on any atom is 0.273 e. The van der Waals surface area contributed by atoms with Crippen LogP contribution in [-0.4, -0.2) is 27.0 Å². The van der Waals surface area contributed by atoms with Crippen molar-refractivity contribution in [1.29, 1.82) is 0 Å². The van der Waals surface area contributed by atoms with Crippen LogP contribution >= 0.6 is 0 Å². The van der Waals surface area contributed by atoms with Gasteiger partial charge >= 0.3 is 0 Å². The average Bonchev–Trinajstić information content (AvgIpc) is 2.97. The van der Waals surface area contributed by atoms with Gasteiger partial charge in [0, 0.05) is 12.3 Å². The van der Waals surface area contributed by atoms with Gasteiger partial charge in [0.2, 0.25) is 0 Å². The summed E-state index contributed by atoms with van der Waals surface area (Å²) >= 11 is 0. The van der Waals surface area contributed by atoms with E-state index in [-0.39, 0.29) is 5.69 Å². The number of rotatable bonds is 4. The van der Waals surface area contributed by atoms with Crippen LogP contribution in [-0.2, 0) is 0 Å². The number of hydrogen-bond donors (Lipinski definition) is 2. The van der Waals surface area contributed by atoms with E-state index in [2.05, 4.69) is 20.3 Å². The molecule has 0 amide bonds. The van der Waals surface area contributed by atoms with Crippen molar-refractivity contribution in [1.82, 2.24) is 15.0 Å². The molecular formula is C13H11N5O3. The predicted octanol–water partition coefficient (Wildman–Crippen LogP) is 2.62. The number of methoxy groups -OCH3 is 1. The predicted molar refractivity (Wildman–Crippen MR) is 76.8 cm³/mol. The Bertz CT molecular complexity index is 814. The smallest absolute Gasteiger partial charge is 0.273 e. The first-order chi connectivity index (χ1) is 10.2. The molecule has 3 aromatic rings. The molecule has 8 nitrogen and oxygen atoms in total. The summed E-state index contributed by atoms with van der Waals surface area (Å²) in [4.78, 5) is 21.6. The third-order valence-corrected chi connectivity index (χ3v) is 3.00. The van der Waals surface area contributed by atoms with Crippen LogP contribution in [0.5, 0.6) is 5.75 Å². The highest BCUT2D eigenvalue weighted by molar-refractivity contribution is 5.89. The summed E-state index contributed by atoms with van der Waals surface area (Å²) in [5, 5.41) is 14.7. The Kier molecular flexibility index (Phi) is 3.11. The maximum absolute atomic E-state index is 10.8. The molecule has 2 N–H and O–H groups in total. The zero-order valence-electron chi connectivity index (χ0n) is 11.0. The molecular weight excluding hydrogens is 274 g/mol. The number of fused-ring (bicyclic) bond motifs is 1. The summed E-state index contributed by atoms with van der Waals surface area (Å²) in [5.41, 5.74) is 1.25. The molecule has 0 radical (unpaired) electrons. The first-order valence-electron chi connectivity index (χ1n) is 6.06. The monoisotopic (exact) mass is 285 g/mol. The van der Waals surface area contributed by atoms with Crippen molar-refractivity contribution in [2.75, 3.05) is 12.4 Å². The van der Waals surface area contributed by atoms with Crippen LogP contribution in [0.15, 0.2) is 36.8 Å². The summed E-state index contributed by atoms with van der Waals surface area (Å²) in [6, 6.07) is 6.19. The summed E-state index contributed by atoms with van der Waals surface area (Å²) in [6.07, 6.45) is 3.19. The molecule has 0 bridgehead atoms. The number of H-pyrrole nitrogens is 1. The molecule has 0 spiro atoms. The zero-order chi connectivity index (χ0) is 14.8. The van der Waals surface area contributed by atoms with E-state index >= 15 is 0 Å². The maximum atomic E-state index is 10.8. The van der Waals surface area contributed by atoms with Crippen LogP contribution < -0.4 is 10.1 Å².